The van der Waals surface area contributed by atoms with Gasteiger partial charge in [-0.15, -0.1) is 0 Å². The van der Waals surface area contributed by atoms with Gasteiger partial charge in [-0.2, -0.15) is 10.2 Å². The van der Waals surface area contributed by atoms with Gasteiger partial charge in [0.05, 0.1) is 24.2 Å². The molecule has 0 aliphatic carbocycles. The first kappa shape index (κ1) is 29.2. The number of halogens is 1. The highest BCUT2D eigenvalue weighted by molar-refractivity contribution is 5.91. The Hall–Kier alpha value is -3.91. The standard InChI is InChI=1S/C32H41FN8O2/c1-22(33)32(42)41-17-16-40(20-25(41)8-11-34)30-27-10-15-39(31-29-23(9-12-35-31)6-4-14-38(29)3)19-24(27)18-28(36-30)43-21-26-7-5-13-37(26)2/h9,12,18,25-26H,1,4-8,10,13-17,19-21H2,2-3H3/t25-,26-/m0/s1. The number of nitrogens with zero attached hydrogens (tertiary/aromatic N) is 8. The highest BCUT2D eigenvalue weighted by Crippen LogP contribution is 2.39. The van der Waals surface area contributed by atoms with Crippen molar-refractivity contribution in [3.8, 4) is 11.9 Å². The average Bonchev–Trinajstić information content (AvgIpc) is 3.43. The molecule has 2 atom stereocenters. The number of aryl methyl sites for hydroxylation is 1. The highest BCUT2D eigenvalue weighted by atomic mass is 19.1. The molecule has 4 aliphatic rings. The Kier molecular flexibility index (Phi) is 8.39. The van der Waals surface area contributed by atoms with Gasteiger partial charge in [0, 0.05) is 70.2 Å². The topological polar surface area (TPSA) is 92.1 Å². The Balaban J connectivity index is 1.32. The van der Waals surface area contributed by atoms with E-state index in [1.807, 2.05) is 6.20 Å². The van der Waals surface area contributed by atoms with Gasteiger partial charge in [-0.1, -0.05) is 6.58 Å². The fourth-order valence-corrected chi connectivity index (χ4v) is 7.12. The second kappa shape index (κ2) is 12.4. The number of likely N-dealkylation sites (N-methyl/N-ethyl adjacent to an activating group) is 1. The van der Waals surface area contributed by atoms with E-state index in [9.17, 15) is 14.4 Å². The number of piperazine rings is 1. The molecule has 0 unspecified atom stereocenters. The number of ether oxygens (including phenoxy) is 1. The first-order valence-electron chi connectivity index (χ1n) is 15.4. The Bertz CT molecular complexity index is 1430. The lowest BCUT2D eigenvalue weighted by Crippen LogP contribution is -2.55. The summed E-state index contributed by atoms with van der Waals surface area (Å²) < 4.78 is 20.2. The van der Waals surface area contributed by atoms with Crippen LogP contribution in [-0.2, 0) is 24.2 Å². The number of anilines is 3. The molecule has 1 amide bonds. The third-order valence-electron chi connectivity index (χ3n) is 9.47. The molecule has 228 valence electrons. The van der Waals surface area contributed by atoms with E-state index in [-0.39, 0.29) is 6.42 Å². The monoisotopic (exact) mass is 588 g/mol. The minimum Gasteiger partial charge on any atom is -0.476 e. The van der Waals surface area contributed by atoms with Gasteiger partial charge in [0.15, 0.2) is 11.6 Å². The van der Waals surface area contributed by atoms with Gasteiger partial charge in [-0.25, -0.2) is 9.37 Å². The number of hydrogen-bond acceptors (Lipinski definition) is 9. The number of carbonyl (C=O) groups excluding carboxylic acids is 1. The summed E-state index contributed by atoms with van der Waals surface area (Å²) in [7, 11) is 4.28. The van der Waals surface area contributed by atoms with Gasteiger partial charge in [0.1, 0.15) is 12.4 Å². The van der Waals surface area contributed by atoms with Crippen molar-refractivity contribution in [2.45, 2.75) is 57.2 Å². The van der Waals surface area contributed by atoms with Crippen molar-refractivity contribution in [1.82, 2.24) is 19.8 Å². The number of nitriles is 1. The summed E-state index contributed by atoms with van der Waals surface area (Å²) in [4.78, 5) is 33.0. The molecule has 0 aromatic carbocycles. The molecule has 2 fully saturated rings. The predicted molar refractivity (Wildman–Crippen MR) is 164 cm³/mol. The van der Waals surface area contributed by atoms with Crippen LogP contribution in [0.2, 0.25) is 0 Å². The highest BCUT2D eigenvalue weighted by Gasteiger charge is 2.35. The lowest BCUT2D eigenvalue weighted by Gasteiger charge is -2.42. The maximum Gasteiger partial charge on any atom is 0.282 e. The van der Waals surface area contributed by atoms with Crippen molar-refractivity contribution in [3.05, 3.63) is 47.4 Å². The van der Waals surface area contributed by atoms with Crippen molar-refractivity contribution in [3.63, 3.8) is 0 Å². The molecule has 43 heavy (non-hydrogen) atoms. The van der Waals surface area contributed by atoms with Crippen molar-refractivity contribution in [1.29, 1.82) is 5.26 Å². The van der Waals surface area contributed by atoms with Crippen molar-refractivity contribution >= 4 is 23.2 Å². The SMILES string of the molecule is C=C(F)C(=O)N1CCN(c2nc(OC[C@@H]3CCCN3C)cc3c2CCN(c2nccc4c2N(C)CCC4)C3)C[C@@H]1CC#N. The smallest absolute Gasteiger partial charge is 0.282 e. The van der Waals surface area contributed by atoms with Crippen LogP contribution in [0.4, 0.5) is 21.7 Å². The van der Waals surface area contributed by atoms with E-state index in [0.29, 0.717) is 44.7 Å². The van der Waals surface area contributed by atoms with Crippen LogP contribution in [0.5, 0.6) is 5.88 Å². The minimum atomic E-state index is -0.999. The van der Waals surface area contributed by atoms with E-state index in [1.54, 1.807) is 0 Å². The number of pyridine rings is 2. The van der Waals surface area contributed by atoms with Gasteiger partial charge < -0.3 is 29.2 Å². The number of amides is 1. The van der Waals surface area contributed by atoms with Crippen LogP contribution in [0.3, 0.4) is 0 Å². The first-order chi connectivity index (χ1) is 20.8. The van der Waals surface area contributed by atoms with E-state index in [1.165, 1.54) is 22.6 Å². The van der Waals surface area contributed by atoms with E-state index < -0.39 is 17.8 Å². The molecule has 2 aromatic heterocycles. The summed E-state index contributed by atoms with van der Waals surface area (Å²) >= 11 is 0. The molecule has 2 saturated heterocycles. The van der Waals surface area contributed by atoms with Crippen LogP contribution >= 0.6 is 0 Å². The Morgan fingerprint density at radius 2 is 1.95 bits per heavy atom. The average molecular weight is 589 g/mol. The molecule has 0 radical (unpaired) electrons. The molecule has 4 aliphatic heterocycles. The van der Waals surface area contributed by atoms with Gasteiger partial charge in [0.2, 0.25) is 5.88 Å². The first-order valence-corrected chi connectivity index (χ1v) is 15.4. The maximum atomic E-state index is 13.8. The van der Waals surface area contributed by atoms with Gasteiger partial charge in [-0.05, 0) is 62.9 Å². The van der Waals surface area contributed by atoms with Crippen LogP contribution in [0.25, 0.3) is 0 Å². The van der Waals surface area contributed by atoms with E-state index in [0.717, 1.165) is 68.1 Å². The number of fused-ring (bicyclic) bond motifs is 2. The normalized spacial score (nSPS) is 22.2. The number of rotatable bonds is 7. The summed E-state index contributed by atoms with van der Waals surface area (Å²) in [6.45, 7) is 8.51. The van der Waals surface area contributed by atoms with Crippen LogP contribution < -0.4 is 19.4 Å². The molecular formula is C32H41FN8O2. The third-order valence-corrected chi connectivity index (χ3v) is 9.47. The van der Waals surface area contributed by atoms with Crippen LogP contribution in [0.1, 0.15) is 42.4 Å². The van der Waals surface area contributed by atoms with Crippen LogP contribution in [0, 0.1) is 11.3 Å². The van der Waals surface area contributed by atoms with Gasteiger partial charge >= 0.3 is 0 Å². The predicted octanol–water partition coefficient (Wildman–Crippen LogP) is 3.31. The zero-order valence-corrected chi connectivity index (χ0v) is 25.3. The van der Waals surface area contributed by atoms with Crippen LogP contribution in [0.15, 0.2) is 30.7 Å². The zero-order valence-electron chi connectivity index (χ0n) is 25.3. The largest absolute Gasteiger partial charge is 0.476 e. The number of carbonyl (C=O) groups is 1. The van der Waals surface area contributed by atoms with Gasteiger partial charge in [0.25, 0.3) is 5.91 Å². The van der Waals surface area contributed by atoms with Crippen molar-refractivity contribution < 1.29 is 13.9 Å². The van der Waals surface area contributed by atoms with E-state index in [4.69, 9.17) is 14.7 Å². The molecule has 11 heteroatoms. The summed E-state index contributed by atoms with van der Waals surface area (Å²) in [5.74, 6) is 0.699. The zero-order chi connectivity index (χ0) is 30.1. The lowest BCUT2D eigenvalue weighted by atomic mass is 9.98. The minimum absolute atomic E-state index is 0.105. The molecule has 0 saturated carbocycles. The quantitative estimate of drug-likeness (QED) is 0.452. The Labute approximate surface area is 253 Å². The van der Waals surface area contributed by atoms with E-state index in [2.05, 4.69) is 58.5 Å². The summed E-state index contributed by atoms with van der Waals surface area (Å²) in [6, 6.07) is 6.30. The molecule has 6 heterocycles. The number of hydrogen-bond donors (Lipinski definition) is 0. The fraction of sp³-hybridized carbons (Fsp3) is 0.562. The Morgan fingerprint density at radius 3 is 2.72 bits per heavy atom. The summed E-state index contributed by atoms with van der Waals surface area (Å²) in [5, 5.41) is 9.51. The second-order valence-electron chi connectivity index (χ2n) is 12.2. The number of aromatic nitrogens is 2. The molecule has 0 N–H and O–H groups in total. The molecule has 2 aromatic rings. The lowest BCUT2D eigenvalue weighted by molar-refractivity contribution is -0.131. The summed E-state index contributed by atoms with van der Waals surface area (Å²) in [5.41, 5.74) is 4.87. The summed E-state index contributed by atoms with van der Waals surface area (Å²) in [6.07, 6.45) is 7.29. The fourth-order valence-electron chi connectivity index (χ4n) is 7.12. The van der Waals surface area contributed by atoms with Crippen molar-refractivity contribution in [2.75, 3.05) is 74.7 Å². The molecule has 6 rings (SSSR count). The van der Waals surface area contributed by atoms with E-state index >= 15 is 0 Å². The maximum absolute atomic E-state index is 13.8. The molecule has 0 bridgehead atoms. The number of likely N-dealkylation sites (tertiary alicyclic amines) is 1. The van der Waals surface area contributed by atoms with Crippen LogP contribution in [-0.4, -0.2) is 97.7 Å². The third kappa shape index (κ3) is 5.85. The molecule has 10 nitrogen and oxygen atoms in total. The van der Waals surface area contributed by atoms with Gasteiger partial charge in [-0.3, -0.25) is 4.79 Å². The molecule has 0 spiro atoms. The Morgan fingerprint density at radius 1 is 1.09 bits per heavy atom. The molecular weight excluding hydrogens is 547 g/mol. The second-order valence-corrected chi connectivity index (χ2v) is 12.2. The van der Waals surface area contributed by atoms with Crippen molar-refractivity contribution in [2.24, 2.45) is 0 Å².